The number of nitrogens with zero attached hydrogens (tertiary/aromatic N) is 1. The topological polar surface area (TPSA) is 71.8 Å². The van der Waals surface area contributed by atoms with Gasteiger partial charge in [-0.1, -0.05) is 28.1 Å². The van der Waals surface area contributed by atoms with E-state index in [4.69, 9.17) is 21.4 Å². The van der Waals surface area contributed by atoms with Gasteiger partial charge in [0.1, 0.15) is 17.1 Å². The van der Waals surface area contributed by atoms with Crippen molar-refractivity contribution in [2.24, 2.45) is 0 Å². The zero-order valence-corrected chi connectivity index (χ0v) is 16.2. The fraction of sp³-hybridized carbons (Fsp3) is 0.167. The van der Waals surface area contributed by atoms with Crippen molar-refractivity contribution in [2.45, 2.75) is 0 Å². The van der Waals surface area contributed by atoms with Crippen molar-refractivity contribution in [2.75, 3.05) is 20.3 Å². The number of thiocarbonyl (C=S) groups is 1. The van der Waals surface area contributed by atoms with Gasteiger partial charge in [0.2, 0.25) is 0 Å². The second-order valence-corrected chi connectivity index (χ2v) is 6.78. The smallest absolute Gasteiger partial charge is 0.265 e. The molecule has 1 N–H and O–H groups in total. The number of carbonyl (C=O) groups is 2. The molecule has 0 spiro atoms. The van der Waals surface area contributed by atoms with Gasteiger partial charge in [0, 0.05) is 17.1 Å². The largest absolute Gasteiger partial charge is 0.457 e. The first-order valence-electron chi connectivity index (χ1n) is 7.73. The van der Waals surface area contributed by atoms with Crippen molar-refractivity contribution in [1.29, 1.82) is 0 Å². The van der Waals surface area contributed by atoms with Crippen LogP contribution < -0.4 is 5.32 Å². The van der Waals surface area contributed by atoms with E-state index in [1.54, 1.807) is 12.1 Å². The molecule has 0 saturated carbocycles. The summed E-state index contributed by atoms with van der Waals surface area (Å²) in [7, 11) is 1.53. The van der Waals surface area contributed by atoms with E-state index in [0.29, 0.717) is 18.1 Å². The molecule has 1 aliphatic heterocycles. The SMILES string of the molecule is COCCN1C(=O)/C(=C/c2ccc(-c3ccc(Br)cc3)o2)C(=O)NC1=S. The van der Waals surface area contributed by atoms with Crippen molar-refractivity contribution in [3.05, 3.63) is 52.2 Å². The van der Waals surface area contributed by atoms with Gasteiger partial charge < -0.3 is 9.15 Å². The van der Waals surface area contributed by atoms with Gasteiger partial charge in [-0.05, 0) is 42.6 Å². The Morgan fingerprint density at radius 2 is 1.96 bits per heavy atom. The molecule has 6 nitrogen and oxygen atoms in total. The van der Waals surface area contributed by atoms with E-state index in [-0.39, 0.29) is 17.2 Å². The third kappa shape index (κ3) is 3.92. The maximum atomic E-state index is 12.6. The van der Waals surface area contributed by atoms with Gasteiger partial charge in [0.25, 0.3) is 11.8 Å². The maximum Gasteiger partial charge on any atom is 0.265 e. The lowest BCUT2D eigenvalue weighted by Crippen LogP contribution is -2.54. The molecule has 0 atom stereocenters. The molecule has 1 aliphatic rings. The van der Waals surface area contributed by atoms with Crippen LogP contribution in [-0.4, -0.2) is 42.1 Å². The van der Waals surface area contributed by atoms with E-state index in [2.05, 4.69) is 21.2 Å². The third-order valence-electron chi connectivity index (χ3n) is 3.75. The average Bonchev–Trinajstić information content (AvgIpc) is 3.08. The van der Waals surface area contributed by atoms with E-state index < -0.39 is 11.8 Å². The van der Waals surface area contributed by atoms with Crippen LogP contribution in [-0.2, 0) is 14.3 Å². The highest BCUT2D eigenvalue weighted by Crippen LogP contribution is 2.25. The number of amides is 2. The summed E-state index contributed by atoms with van der Waals surface area (Å²) >= 11 is 8.44. The first-order valence-corrected chi connectivity index (χ1v) is 8.93. The Balaban J connectivity index is 1.86. The summed E-state index contributed by atoms with van der Waals surface area (Å²) in [6, 6.07) is 11.1. The molecule has 2 heterocycles. The normalized spacial score (nSPS) is 16.3. The van der Waals surface area contributed by atoms with Crippen LogP contribution in [0.15, 0.2) is 50.9 Å². The minimum Gasteiger partial charge on any atom is -0.457 e. The molecule has 3 rings (SSSR count). The quantitative estimate of drug-likeness (QED) is 0.444. The lowest BCUT2D eigenvalue weighted by Gasteiger charge is -2.28. The van der Waals surface area contributed by atoms with E-state index in [0.717, 1.165) is 10.0 Å². The molecule has 0 aliphatic carbocycles. The molecule has 0 unspecified atom stereocenters. The molecule has 1 saturated heterocycles. The molecule has 2 aromatic rings. The summed E-state index contributed by atoms with van der Waals surface area (Å²) in [5.74, 6) is 0.0216. The number of ether oxygens (including phenoxy) is 1. The number of carbonyl (C=O) groups excluding carboxylic acids is 2. The van der Waals surface area contributed by atoms with Gasteiger partial charge in [-0.3, -0.25) is 19.8 Å². The van der Waals surface area contributed by atoms with Gasteiger partial charge >= 0.3 is 0 Å². The van der Waals surface area contributed by atoms with Crippen molar-refractivity contribution < 1.29 is 18.7 Å². The number of furan rings is 1. The highest BCUT2D eigenvalue weighted by molar-refractivity contribution is 9.10. The maximum absolute atomic E-state index is 12.6. The number of rotatable bonds is 5. The standard InChI is InChI=1S/C18H15BrN2O4S/c1-24-9-8-21-17(23)14(16(22)20-18(21)26)10-13-6-7-15(25-13)11-2-4-12(19)5-3-11/h2-7,10H,8-9H2,1H3,(H,20,22,26)/b14-10+. The first kappa shape index (κ1) is 18.5. The Hall–Kier alpha value is -2.29. The average molecular weight is 435 g/mol. The van der Waals surface area contributed by atoms with E-state index in [1.807, 2.05) is 24.3 Å². The Bertz CT molecular complexity index is 889. The Morgan fingerprint density at radius 3 is 2.65 bits per heavy atom. The second-order valence-electron chi connectivity index (χ2n) is 5.48. The molecule has 134 valence electrons. The molecule has 26 heavy (non-hydrogen) atoms. The number of methoxy groups -OCH3 is 1. The molecular weight excluding hydrogens is 420 g/mol. The van der Waals surface area contributed by atoms with Crippen LogP contribution in [0.25, 0.3) is 17.4 Å². The number of benzene rings is 1. The van der Waals surface area contributed by atoms with Crippen LogP contribution in [0.4, 0.5) is 0 Å². The molecule has 1 aromatic heterocycles. The van der Waals surface area contributed by atoms with Gasteiger partial charge in [-0.2, -0.15) is 0 Å². The van der Waals surface area contributed by atoms with Crippen molar-refractivity contribution >= 4 is 51.2 Å². The van der Waals surface area contributed by atoms with Crippen LogP contribution in [0.5, 0.6) is 0 Å². The van der Waals surface area contributed by atoms with Crippen LogP contribution in [0.3, 0.4) is 0 Å². The predicted molar refractivity (Wildman–Crippen MR) is 104 cm³/mol. The summed E-state index contributed by atoms with van der Waals surface area (Å²) in [4.78, 5) is 26.0. The monoisotopic (exact) mass is 434 g/mol. The summed E-state index contributed by atoms with van der Waals surface area (Å²) in [5.41, 5.74) is 0.853. The minimum atomic E-state index is -0.546. The number of nitrogens with one attached hydrogen (secondary N) is 1. The molecule has 1 aromatic carbocycles. The Labute approximate surface area is 163 Å². The van der Waals surface area contributed by atoms with E-state index in [9.17, 15) is 9.59 Å². The van der Waals surface area contributed by atoms with Gasteiger partial charge in [0.05, 0.1) is 13.2 Å². The summed E-state index contributed by atoms with van der Waals surface area (Å²) in [6.45, 7) is 0.567. The van der Waals surface area contributed by atoms with E-state index >= 15 is 0 Å². The predicted octanol–water partition coefficient (Wildman–Crippen LogP) is 2.98. The fourth-order valence-electron chi connectivity index (χ4n) is 2.42. The Morgan fingerprint density at radius 1 is 1.23 bits per heavy atom. The lowest BCUT2D eigenvalue weighted by atomic mass is 10.1. The van der Waals surface area contributed by atoms with Crippen molar-refractivity contribution in [3.63, 3.8) is 0 Å². The van der Waals surface area contributed by atoms with Crippen LogP contribution >= 0.6 is 28.1 Å². The fourth-order valence-corrected chi connectivity index (χ4v) is 2.95. The molecule has 0 bridgehead atoms. The van der Waals surface area contributed by atoms with Crippen molar-refractivity contribution in [1.82, 2.24) is 10.2 Å². The summed E-state index contributed by atoms with van der Waals surface area (Å²) in [5, 5.41) is 2.58. The molecule has 2 amide bonds. The van der Waals surface area contributed by atoms with Crippen molar-refractivity contribution in [3.8, 4) is 11.3 Å². The number of hydrogen-bond acceptors (Lipinski definition) is 5. The van der Waals surface area contributed by atoms with Gasteiger partial charge in [-0.25, -0.2) is 0 Å². The van der Waals surface area contributed by atoms with E-state index in [1.165, 1.54) is 18.1 Å². The van der Waals surface area contributed by atoms with Crippen LogP contribution in [0, 0.1) is 0 Å². The van der Waals surface area contributed by atoms with Crippen LogP contribution in [0.2, 0.25) is 0 Å². The highest BCUT2D eigenvalue weighted by Gasteiger charge is 2.33. The lowest BCUT2D eigenvalue weighted by molar-refractivity contribution is -0.129. The molecule has 1 fully saturated rings. The van der Waals surface area contributed by atoms with Gasteiger partial charge in [-0.15, -0.1) is 0 Å². The molecule has 0 radical (unpaired) electrons. The molecule has 8 heteroatoms. The third-order valence-corrected chi connectivity index (χ3v) is 4.60. The van der Waals surface area contributed by atoms with Gasteiger partial charge in [0.15, 0.2) is 5.11 Å². The summed E-state index contributed by atoms with van der Waals surface area (Å²) in [6.07, 6.45) is 1.42. The zero-order chi connectivity index (χ0) is 18.7. The first-order chi connectivity index (χ1) is 12.5. The minimum absolute atomic E-state index is 0.0357. The summed E-state index contributed by atoms with van der Waals surface area (Å²) < 4.78 is 11.7. The highest BCUT2D eigenvalue weighted by atomic mass is 79.9. The molecular formula is C18H15BrN2O4S. The number of hydrogen-bond donors (Lipinski definition) is 1. The zero-order valence-electron chi connectivity index (χ0n) is 13.8. The number of halogens is 1. The van der Waals surface area contributed by atoms with Crippen LogP contribution in [0.1, 0.15) is 5.76 Å². The second kappa shape index (κ2) is 7.94. The Kier molecular flexibility index (Phi) is 5.65.